The number of nitrogens with one attached hydrogen (secondary N) is 1. The molecule has 2 saturated heterocycles. The van der Waals surface area contributed by atoms with E-state index in [0.29, 0.717) is 12.8 Å². The van der Waals surface area contributed by atoms with E-state index in [1.807, 2.05) is 6.08 Å². The number of rotatable bonds is 56. The van der Waals surface area contributed by atoms with Gasteiger partial charge < -0.3 is 65.1 Å². The van der Waals surface area contributed by atoms with Crippen molar-refractivity contribution in [3.05, 3.63) is 134 Å². The lowest BCUT2D eigenvalue weighted by atomic mass is 9.97. The van der Waals surface area contributed by atoms with Crippen LogP contribution in [-0.2, 0) is 23.7 Å². The van der Waals surface area contributed by atoms with Gasteiger partial charge in [0.15, 0.2) is 12.6 Å². The highest BCUT2D eigenvalue weighted by Crippen LogP contribution is 2.30. The van der Waals surface area contributed by atoms with Gasteiger partial charge in [-0.05, 0) is 103 Å². The first-order valence-corrected chi connectivity index (χ1v) is 35.4. The summed E-state index contributed by atoms with van der Waals surface area (Å²) in [5.41, 5.74) is 0. The Morgan fingerprint density at radius 2 is 0.778 bits per heavy atom. The van der Waals surface area contributed by atoms with Gasteiger partial charge in [-0.1, -0.05) is 270 Å². The van der Waals surface area contributed by atoms with Crippen molar-refractivity contribution >= 4 is 5.91 Å². The van der Waals surface area contributed by atoms with Gasteiger partial charge in [-0.2, -0.15) is 0 Å². The first-order valence-electron chi connectivity index (χ1n) is 35.4. The van der Waals surface area contributed by atoms with E-state index in [9.17, 15) is 45.6 Å². The Kier molecular flexibility index (Phi) is 53.8. The van der Waals surface area contributed by atoms with Crippen molar-refractivity contribution in [2.45, 2.75) is 319 Å². The normalized spacial score (nSPS) is 23.8. The first-order chi connectivity index (χ1) is 44.1. The van der Waals surface area contributed by atoms with Gasteiger partial charge in [0.25, 0.3) is 0 Å². The van der Waals surface area contributed by atoms with Crippen LogP contribution >= 0.6 is 0 Å². The summed E-state index contributed by atoms with van der Waals surface area (Å²) in [7, 11) is 0. The molecule has 0 bridgehead atoms. The van der Waals surface area contributed by atoms with Gasteiger partial charge >= 0.3 is 0 Å². The summed E-state index contributed by atoms with van der Waals surface area (Å²) >= 11 is 0. The number of hydrogen-bond donors (Lipinski definition) is 9. The fourth-order valence-corrected chi connectivity index (χ4v) is 10.7. The smallest absolute Gasteiger partial charge is 0.220 e. The minimum Gasteiger partial charge on any atom is -0.394 e. The molecule has 14 heteroatoms. The van der Waals surface area contributed by atoms with Crippen molar-refractivity contribution < 1.29 is 64.6 Å². The Labute approximate surface area is 545 Å². The minimum absolute atomic E-state index is 0.252. The van der Waals surface area contributed by atoms with Crippen LogP contribution in [0.25, 0.3) is 0 Å². The Balaban J connectivity index is 1.70. The molecule has 2 aliphatic heterocycles. The molecule has 2 rings (SSSR count). The number of unbranched alkanes of at least 4 members (excludes halogenated alkanes) is 23. The van der Waals surface area contributed by atoms with Crippen LogP contribution in [0.15, 0.2) is 134 Å². The van der Waals surface area contributed by atoms with Crippen LogP contribution in [0.3, 0.4) is 0 Å². The van der Waals surface area contributed by atoms with Gasteiger partial charge in [-0.15, -0.1) is 0 Å². The molecule has 0 aromatic heterocycles. The van der Waals surface area contributed by atoms with Gasteiger partial charge in [0.2, 0.25) is 5.91 Å². The van der Waals surface area contributed by atoms with Crippen LogP contribution in [-0.4, -0.2) is 140 Å². The summed E-state index contributed by atoms with van der Waals surface area (Å²) in [5, 5.41) is 87.4. The lowest BCUT2D eigenvalue weighted by Crippen LogP contribution is -2.65. The number of aliphatic hydroxyl groups is 8. The zero-order valence-electron chi connectivity index (χ0n) is 55.8. The standard InChI is InChI=1S/C76H127NO13/c1-3-5-7-9-11-13-15-17-19-21-23-25-26-27-28-29-30-31-32-33-34-35-36-37-38-40-42-44-46-48-50-52-54-56-58-60-68(81)77-64(65(80)59-57-55-53-51-49-47-45-43-41-39-24-22-20-18-16-14-12-10-8-6-4-2)63-87-75-73(86)71(84)74(67(62-79)89-75)90-76-72(85)70(83)69(82)66(61-78)88-76/h5,7,11,13,17,19,23,25,27-28,30-31,33-34,36-37,40,42,49,51,57,59,64-67,69-76,78-80,82-86H,3-4,6,8-10,12,14-16,18,20-22,24,26,29,32,35,38-39,41,43-48,50,52-56,58,60-63H2,1-2H3,(H,77,81)/b7-5-,13-11-,19-17-,25-23-,28-27-,31-30-,34-33-,37-36-,42-40-,51-49+,59-57+. The van der Waals surface area contributed by atoms with E-state index in [2.05, 4.69) is 141 Å². The molecule has 90 heavy (non-hydrogen) atoms. The summed E-state index contributed by atoms with van der Waals surface area (Å²) in [4.78, 5) is 13.3. The molecule has 514 valence electrons. The van der Waals surface area contributed by atoms with Crippen molar-refractivity contribution in [2.24, 2.45) is 0 Å². The number of hydrogen-bond acceptors (Lipinski definition) is 13. The number of carbonyl (C=O) groups excluding carboxylic acids is 1. The molecule has 0 saturated carbocycles. The third kappa shape index (κ3) is 42.4. The van der Waals surface area contributed by atoms with Gasteiger partial charge in [0.1, 0.15) is 48.8 Å². The monoisotopic (exact) mass is 1260 g/mol. The third-order valence-corrected chi connectivity index (χ3v) is 16.3. The highest BCUT2D eigenvalue weighted by molar-refractivity contribution is 5.76. The maximum Gasteiger partial charge on any atom is 0.220 e. The number of ether oxygens (including phenoxy) is 4. The maximum atomic E-state index is 13.3. The van der Waals surface area contributed by atoms with Gasteiger partial charge in [-0.3, -0.25) is 4.79 Å². The summed E-state index contributed by atoms with van der Waals surface area (Å²) in [6.07, 6.45) is 70.7. The molecular formula is C76H127NO13. The van der Waals surface area contributed by atoms with E-state index in [1.54, 1.807) is 6.08 Å². The van der Waals surface area contributed by atoms with Crippen molar-refractivity contribution in [3.63, 3.8) is 0 Å². The molecule has 2 fully saturated rings. The SMILES string of the molecule is CC/C=C\C/C=C\C/C=C\C/C=C\C/C=C\C/C=C\C/C=C\C/C=C\C/C=C\CCCCCCCCCC(=O)NC(COC1OC(CO)C(OC2OC(CO)C(O)C(O)C2O)C(O)C1O)C(O)/C=C/CC/C=C/CCCCCCCCCCCCCCCCC. The molecule has 2 heterocycles. The second-order valence-electron chi connectivity index (χ2n) is 24.3. The number of allylic oxidation sites excluding steroid dienone is 21. The largest absolute Gasteiger partial charge is 0.394 e. The van der Waals surface area contributed by atoms with Crippen LogP contribution in [0.2, 0.25) is 0 Å². The predicted octanol–water partition coefficient (Wildman–Crippen LogP) is 14.7. The molecule has 9 N–H and O–H groups in total. The van der Waals surface area contributed by atoms with Gasteiger partial charge in [0, 0.05) is 6.42 Å². The fourth-order valence-electron chi connectivity index (χ4n) is 10.7. The third-order valence-electron chi connectivity index (χ3n) is 16.3. The van der Waals surface area contributed by atoms with E-state index in [1.165, 1.54) is 96.3 Å². The molecule has 12 unspecified atom stereocenters. The molecule has 0 spiro atoms. The number of aliphatic hydroxyl groups excluding tert-OH is 8. The number of carbonyl (C=O) groups is 1. The predicted molar refractivity (Wildman–Crippen MR) is 368 cm³/mol. The first kappa shape index (κ1) is 82.2. The molecule has 0 aliphatic carbocycles. The van der Waals surface area contributed by atoms with E-state index in [-0.39, 0.29) is 18.9 Å². The summed E-state index contributed by atoms with van der Waals surface area (Å²) in [6.45, 7) is 2.66. The topological polar surface area (TPSA) is 228 Å². The average molecular weight is 1260 g/mol. The molecule has 0 aromatic rings. The van der Waals surface area contributed by atoms with Gasteiger partial charge in [-0.25, -0.2) is 0 Å². The molecule has 0 radical (unpaired) electrons. The molecule has 1 amide bonds. The lowest BCUT2D eigenvalue weighted by Gasteiger charge is -2.46. The number of amides is 1. The Hall–Kier alpha value is -3.87. The van der Waals surface area contributed by atoms with Crippen LogP contribution in [0, 0.1) is 0 Å². The highest BCUT2D eigenvalue weighted by Gasteiger charge is 2.51. The maximum absolute atomic E-state index is 13.3. The average Bonchev–Trinajstić information content (AvgIpc) is 1.28. The van der Waals surface area contributed by atoms with Crippen molar-refractivity contribution in [1.82, 2.24) is 5.32 Å². The molecular weight excluding hydrogens is 1130 g/mol. The van der Waals surface area contributed by atoms with Crippen LogP contribution in [0.1, 0.15) is 245 Å². The van der Waals surface area contributed by atoms with Crippen LogP contribution in [0.4, 0.5) is 0 Å². The fraction of sp³-hybridized carbons (Fsp3) is 0.697. The zero-order chi connectivity index (χ0) is 65.2. The van der Waals surface area contributed by atoms with Crippen LogP contribution in [0.5, 0.6) is 0 Å². The second-order valence-corrected chi connectivity index (χ2v) is 24.3. The van der Waals surface area contributed by atoms with Gasteiger partial charge in [0.05, 0.1) is 32.0 Å². The Morgan fingerprint density at radius 1 is 0.411 bits per heavy atom. The Morgan fingerprint density at radius 3 is 1.22 bits per heavy atom. The van der Waals surface area contributed by atoms with E-state index < -0.39 is 86.8 Å². The summed E-state index contributed by atoms with van der Waals surface area (Å²) in [5.74, 6) is -0.265. The zero-order valence-corrected chi connectivity index (χ0v) is 55.8. The molecule has 12 atom stereocenters. The molecule has 14 nitrogen and oxygen atoms in total. The van der Waals surface area contributed by atoms with Crippen molar-refractivity contribution in [3.8, 4) is 0 Å². The van der Waals surface area contributed by atoms with Crippen molar-refractivity contribution in [1.29, 1.82) is 0 Å². The summed E-state index contributed by atoms with van der Waals surface area (Å²) < 4.78 is 22.8. The second kappa shape index (κ2) is 58.9. The van der Waals surface area contributed by atoms with Crippen LogP contribution < -0.4 is 5.32 Å². The highest BCUT2D eigenvalue weighted by atomic mass is 16.7. The van der Waals surface area contributed by atoms with Crippen molar-refractivity contribution in [2.75, 3.05) is 19.8 Å². The molecule has 2 aliphatic rings. The van der Waals surface area contributed by atoms with E-state index in [0.717, 1.165) is 116 Å². The Bertz CT molecular complexity index is 2020. The lowest BCUT2D eigenvalue weighted by molar-refractivity contribution is -0.359. The van der Waals surface area contributed by atoms with E-state index in [4.69, 9.17) is 18.9 Å². The molecule has 0 aromatic carbocycles. The minimum atomic E-state index is -1.80. The quantitative estimate of drug-likeness (QED) is 0.0204. The summed E-state index contributed by atoms with van der Waals surface area (Å²) in [6, 6.07) is -0.949. The van der Waals surface area contributed by atoms with E-state index >= 15 is 0 Å².